The van der Waals surface area contributed by atoms with E-state index in [9.17, 15) is 13.2 Å². The van der Waals surface area contributed by atoms with E-state index in [2.05, 4.69) is 5.32 Å². The van der Waals surface area contributed by atoms with E-state index in [1.54, 1.807) is 0 Å². The minimum absolute atomic E-state index is 0.142. The summed E-state index contributed by atoms with van der Waals surface area (Å²) < 4.78 is 31.1. The molecule has 6 nitrogen and oxygen atoms in total. The number of anilines is 1. The zero-order chi connectivity index (χ0) is 21.4. The molecule has 2 aromatic rings. The molecule has 0 radical (unpaired) electrons. The van der Waals surface area contributed by atoms with Gasteiger partial charge in [0.25, 0.3) is 0 Å². The highest BCUT2D eigenvalue weighted by molar-refractivity contribution is 7.92. The van der Waals surface area contributed by atoms with Crippen molar-refractivity contribution in [2.24, 2.45) is 0 Å². The van der Waals surface area contributed by atoms with Crippen LogP contribution >= 0.6 is 23.2 Å². The third-order valence-electron chi connectivity index (χ3n) is 4.08. The fraction of sp³-hybridized carbons (Fsp3) is 0.350. The number of nitrogens with zero attached hydrogens (tertiary/aromatic N) is 1. The summed E-state index contributed by atoms with van der Waals surface area (Å²) in [6.45, 7) is 2.82. The number of sulfonamides is 1. The largest absolute Gasteiger partial charge is 0.491 e. The quantitative estimate of drug-likeness (QED) is 0.544. The molecule has 2 rings (SSSR count). The standard InChI is InChI=1S/C20H24Cl2N2O4S/c1-15-6-3-4-7-19(15)28-11-9-23-20(25)8-5-10-24(29(2,26)27)18-13-16(21)12-17(22)14-18/h3-4,6-7,12-14H,5,8-11H2,1-2H3,(H,23,25). The summed E-state index contributed by atoms with van der Waals surface area (Å²) >= 11 is 11.9. The Labute approximate surface area is 181 Å². The van der Waals surface area contributed by atoms with Crippen LogP contribution in [0.15, 0.2) is 42.5 Å². The molecular formula is C20H24Cl2N2O4S. The van der Waals surface area contributed by atoms with E-state index in [1.165, 1.54) is 22.5 Å². The van der Waals surface area contributed by atoms with Crippen LogP contribution < -0.4 is 14.4 Å². The zero-order valence-corrected chi connectivity index (χ0v) is 18.6. The van der Waals surface area contributed by atoms with E-state index in [1.807, 2.05) is 31.2 Å². The molecule has 1 N–H and O–H groups in total. The maximum absolute atomic E-state index is 12.1. The van der Waals surface area contributed by atoms with Crippen LogP contribution in [0.25, 0.3) is 0 Å². The van der Waals surface area contributed by atoms with Gasteiger partial charge in [0.1, 0.15) is 12.4 Å². The van der Waals surface area contributed by atoms with E-state index >= 15 is 0 Å². The molecule has 158 valence electrons. The zero-order valence-electron chi connectivity index (χ0n) is 16.3. The highest BCUT2D eigenvalue weighted by Crippen LogP contribution is 2.27. The first-order chi connectivity index (χ1) is 13.7. The SMILES string of the molecule is Cc1ccccc1OCCNC(=O)CCCN(c1cc(Cl)cc(Cl)c1)S(C)(=O)=O. The number of para-hydroxylation sites is 1. The Morgan fingerprint density at radius 2 is 1.79 bits per heavy atom. The summed E-state index contributed by atoms with van der Waals surface area (Å²) in [5, 5.41) is 3.45. The second-order valence-electron chi connectivity index (χ2n) is 6.53. The number of hydrogen-bond donors (Lipinski definition) is 1. The number of carbonyl (C=O) groups is 1. The normalized spacial score (nSPS) is 11.2. The molecule has 0 spiro atoms. The Morgan fingerprint density at radius 1 is 1.14 bits per heavy atom. The highest BCUT2D eigenvalue weighted by Gasteiger charge is 2.18. The molecule has 0 aliphatic rings. The van der Waals surface area contributed by atoms with Crippen molar-refractivity contribution >= 4 is 44.8 Å². The van der Waals surface area contributed by atoms with Crippen molar-refractivity contribution < 1.29 is 17.9 Å². The molecule has 0 unspecified atom stereocenters. The number of carbonyl (C=O) groups excluding carboxylic acids is 1. The Balaban J connectivity index is 1.80. The van der Waals surface area contributed by atoms with E-state index in [0.29, 0.717) is 35.3 Å². The molecular weight excluding hydrogens is 435 g/mol. The lowest BCUT2D eigenvalue weighted by Gasteiger charge is -2.22. The molecule has 0 saturated heterocycles. The Morgan fingerprint density at radius 3 is 2.41 bits per heavy atom. The van der Waals surface area contributed by atoms with Crippen molar-refractivity contribution in [3.8, 4) is 5.75 Å². The van der Waals surface area contributed by atoms with Crippen LogP contribution in [0.4, 0.5) is 5.69 Å². The Hall–Kier alpha value is -1.96. The molecule has 0 bridgehead atoms. The summed E-state index contributed by atoms with van der Waals surface area (Å²) in [5.74, 6) is 0.613. The first kappa shape index (κ1) is 23.3. The second-order valence-corrected chi connectivity index (χ2v) is 9.31. The summed E-state index contributed by atoms with van der Waals surface area (Å²) in [6.07, 6.45) is 1.64. The van der Waals surface area contributed by atoms with E-state index < -0.39 is 10.0 Å². The maximum Gasteiger partial charge on any atom is 0.232 e. The highest BCUT2D eigenvalue weighted by atomic mass is 35.5. The first-order valence-corrected chi connectivity index (χ1v) is 11.7. The van der Waals surface area contributed by atoms with Gasteiger partial charge in [0.15, 0.2) is 0 Å². The molecule has 0 fully saturated rings. The van der Waals surface area contributed by atoms with Crippen LogP contribution in [0.1, 0.15) is 18.4 Å². The van der Waals surface area contributed by atoms with Crippen molar-refractivity contribution in [3.63, 3.8) is 0 Å². The number of rotatable bonds is 10. The van der Waals surface area contributed by atoms with Gasteiger partial charge in [-0.15, -0.1) is 0 Å². The van der Waals surface area contributed by atoms with Gasteiger partial charge in [0.2, 0.25) is 15.9 Å². The molecule has 29 heavy (non-hydrogen) atoms. The minimum Gasteiger partial charge on any atom is -0.491 e. The van der Waals surface area contributed by atoms with Gasteiger partial charge < -0.3 is 10.1 Å². The lowest BCUT2D eigenvalue weighted by molar-refractivity contribution is -0.121. The van der Waals surface area contributed by atoms with Crippen LogP contribution in [0.5, 0.6) is 5.75 Å². The Bertz CT molecular complexity index is 931. The third kappa shape index (κ3) is 7.76. The van der Waals surface area contributed by atoms with Crippen LogP contribution in [-0.2, 0) is 14.8 Å². The molecule has 0 aliphatic carbocycles. The molecule has 0 aliphatic heterocycles. The average molecular weight is 459 g/mol. The van der Waals surface area contributed by atoms with Gasteiger partial charge in [0, 0.05) is 23.0 Å². The molecule has 0 aromatic heterocycles. The molecule has 0 saturated carbocycles. The predicted molar refractivity (Wildman–Crippen MR) is 118 cm³/mol. The van der Waals surface area contributed by atoms with Crippen molar-refractivity contribution in [2.75, 3.05) is 30.3 Å². The summed E-state index contributed by atoms with van der Waals surface area (Å²) in [5.41, 5.74) is 1.40. The predicted octanol–water partition coefficient (Wildman–Crippen LogP) is 4.04. The van der Waals surface area contributed by atoms with E-state index in [0.717, 1.165) is 17.6 Å². The van der Waals surface area contributed by atoms with Crippen molar-refractivity contribution in [1.29, 1.82) is 0 Å². The van der Waals surface area contributed by atoms with Crippen molar-refractivity contribution in [2.45, 2.75) is 19.8 Å². The van der Waals surface area contributed by atoms with Gasteiger partial charge in [-0.05, 0) is 43.2 Å². The lowest BCUT2D eigenvalue weighted by Crippen LogP contribution is -2.33. The number of ether oxygens (including phenoxy) is 1. The fourth-order valence-electron chi connectivity index (χ4n) is 2.71. The van der Waals surface area contributed by atoms with Gasteiger partial charge >= 0.3 is 0 Å². The summed E-state index contributed by atoms with van der Waals surface area (Å²) in [6, 6.07) is 12.2. The Kier molecular flexibility index (Phi) is 8.61. The van der Waals surface area contributed by atoms with Crippen LogP contribution in [0.2, 0.25) is 10.0 Å². The number of hydrogen-bond acceptors (Lipinski definition) is 4. The molecule has 2 aromatic carbocycles. The number of nitrogens with one attached hydrogen (secondary N) is 1. The van der Waals surface area contributed by atoms with Gasteiger partial charge in [-0.3, -0.25) is 9.10 Å². The van der Waals surface area contributed by atoms with Crippen LogP contribution in [0, 0.1) is 6.92 Å². The van der Waals surface area contributed by atoms with Gasteiger partial charge in [-0.1, -0.05) is 41.4 Å². The van der Waals surface area contributed by atoms with E-state index in [-0.39, 0.29) is 18.9 Å². The second kappa shape index (κ2) is 10.7. The monoisotopic (exact) mass is 458 g/mol. The molecule has 0 heterocycles. The maximum atomic E-state index is 12.1. The minimum atomic E-state index is -3.54. The van der Waals surface area contributed by atoms with Crippen LogP contribution in [-0.4, -0.2) is 40.3 Å². The van der Waals surface area contributed by atoms with Crippen molar-refractivity contribution in [1.82, 2.24) is 5.32 Å². The summed E-state index contributed by atoms with van der Waals surface area (Å²) in [7, 11) is -3.54. The number of benzene rings is 2. The smallest absolute Gasteiger partial charge is 0.232 e. The summed E-state index contributed by atoms with van der Waals surface area (Å²) in [4.78, 5) is 12.0. The van der Waals surface area contributed by atoms with Gasteiger partial charge in [-0.25, -0.2) is 8.42 Å². The van der Waals surface area contributed by atoms with Crippen LogP contribution in [0.3, 0.4) is 0 Å². The number of aryl methyl sites for hydroxylation is 1. The molecule has 0 atom stereocenters. The first-order valence-electron chi connectivity index (χ1n) is 9.06. The fourth-order valence-corrected chi connectivity index (χ4v) is 4.17. The third-order valence-corrected chi connectivity index (χ3v) is 5.71. The number of amides is 1. The van der Waals surface area contributed by atoms with Gasteiger partial charge in [-0.2, -0.15) is 0 Å². The molecule has 9 heteroatoms. The molecule has 1 amide bonds. The number of halogens is 2. The van der Waals surface area contributed by atoms with E-state index in [4.69, 9.17) is 27.9 Å². The lowest BCUT2D eigenvalue weighted by atomic mass is 10.2. The topological polar surface area (TPSA) is 75.7 Å². The average Bonchev–Trinajstić information content (AvgIpc) is 2.61. The van der Waals surface area contributed by atoms with Gasteiger partial charge in [0.05, 0.1) is 18.5 Å². The van der Waals surface area contributed by atoms with Crippen molar-refractivity contribution in [3.05, 3.63) is 58.1 Å².